The van der Waals surface area contributed by atoms with Gasteiger partial charge in [-0.15, -0.1) is 0 Å². The van der Waals surface area contributed by atoms with Crippen molar-refractivity contribution in [1.82, 2.24) is 9.88 Å². The van der Waals surface area contributed by atoms with Gasteiger partial charge in [-0.3, -0.25) is 4.79 Å². The maximum absolute atomic E-state index is 13.3. The largest absolute Gasteiger partial charge is 0.497 e. The molecule has 1 amide bonds. The lowest BCUT2D eigenvalue weighted by Crippen LogP contribution is -2.30. The van der Waals surface area contributed by atoms with E-state index in [-0.39, 0.29) is 5.91 Å². The molecule has 0 spiro atoms. The van der Waals surface area contributed by atoms with Crippen molar-refractivity contribution in [3.8, 4) is 5.75 Å². The van der Waals surface area contributed by atoms with Crippen LogP contribution in [0.25, 0.3) is 10.9 Å². The van der Waals surface area contributed by atoms with E-state index in [0.29, 0.717) is 18.8 Å². The fraction of sp³-hybridized carbons (Fsp3) is 0.125. The molecule has 4 heteroatoms. The molecule has 1 aromatic heterocycles. The van der Waals surface area contributed by atoms with E-state index in [1.54, 1.807) is 7.11 Å². The van der Waals surface area contributed by atoms with Gasteiger partial charge in [0, 0.05) is 30.1 Å². The number of hydrogen-bond acceptors (Lipinski definition) is 2. The number of aromatic nitrogens is 1. The monoisotopic (exact) mass is 370 g/mol. The Morgan fingerprint density at radius 3 is 2.04 bits per heavy atom. The van der Waals surface area contributed by atoms with Crippen LogP contribution in [0.5, 0.6) is 5.75 Å². The number of ether oxygens (including phenoxy) is 1. The van der Waals surface area contributed by atoms with Gasteiger partial charge in [-0.05, 0) is 29.3 Å². The smallest absolute Gasteiger partial charge is 0.270 e. The van der Waals surface area contributed by atoms with Crippen molar-refractivity contribution in [2.75, 3.05) is 7.11 Å². The van der Waals surface area contributed by atoms with Crippen LogP contribution in [0.2, 0.25) is 0 Å². The summed E-state index contributed by atoms with van der Waals surface area (Å²) in [6.07, 6.45) is 0. The molecule has 0 radical (unpaired) electrons. The molecule has 4 aromatic rings. The van der Waals surface area contributed by atoms with E-state index in [4.69, 9.17) is 4.74 Å². The second-order valence-electron chi connectivity index (χ2n) is 6.77. The van der Waals surface area contributed by atoms with Gasteiger partial charge in [-0.1, -0.05) is 60.7 Å². The van der Waals surface area contributed by atoms with Crippen molar-refractivity contribution in [2.45, 2.75) is 13.1 Å². The van der Waals surface area contributed by atoms with E-state index in [1.165, 1.54) is 0 Å². The lowest BCUT2D eigenvalue weighted by atomic mass is 10.1. The molecular formula is C24H22N2O2. The Bertz CT molecular complexity index is 1030. The number of carbonyl (C=O) groups excluding carboxylic acids is 1. The van der Waals surface area contributed by atoms with Gasteiger partial charge >= 0.3 is 0 Å². The number of fused-ring (bicyclic) bond motifs is 1. The summed E-state index contributed by atoms with van der Waals surface area (Å²) in [6, 6.07) is 27.8. The molecule has 1 N–H and O–H groups in total. The third-order valence-electron chi connectivity index (χ3n) is 4.78. The van der Waals surface area contributed by atoms with Crippen LogP contribution in [0.3, 0.4) is 0 Å². The van der Waals surface area contributed by atoms with Crippen LogP contribution in [0, 0.1) is 0 Å². The lowest BCUT2D eigenvalue weighted by Gasteiger charge is -2.22. The van der Waals surface area contributed by atoms with Crippen molar-refractivity contribution in [3.63, 3.8) is 0 Å². The highest BCUT2D eigenvalue weighted by Gasteiger charge is 2.19. The Morgan fingerprint density at radius 1 is 0.857 bits per heavy atom. The molecule has 0 unspecified atom stereocenters. The second-order valence-corrected chi connectivity index (χ2v) is 6.77. The Labute approximate surface area is 164 Å². The molecule has 0 bridgehead atoms. The van der Waals surface area contributed by atoms with Crippen molar-refractivity contribution in [1.29, 1.82) is 0 Å². The number of benzene rings is 3. The van der Waals surface area contributed by atoms with Crippen LogP contribution in [0.15, 0.2) is 84.9 Å². The zero-order valence-electron chi connectivity index (χ0n) is 15.8. The fourth-order valence-corrected chi connectivity index (χ4v) is 3.33. The summed E-state index contributed by atoms with van der Waals surface area (Å²) in [5.74, 6) is 0.738. The van der Waals surface area contributed by atoms with E-state index in [2.05, 4.69) is 4.98 Å². The third-order valence-corrected chi connectivity index (χ3v) is 4.78. The minimum Gasteiger partial charge on any atom is -0.497 e. The molecule has 28 heavy (non-hydrogen) atoms. The molecule has 140 valence electrons. The number of hydrogen-bond donors (Lipinski definition) is 1. The van der Waals surface area contributed by atoms with Crippen molar-refractivity contribution >= 4 is 16.8 Å². The number of rotatable bonds is 6. The maximum Gasteiger partial charge on any atom is 0.270 e. The summed E-state index contributed by atoms with van der Waals surface area (Å²) >= 11 is 0. The number of H-pyrrole nitrogens is 1. The molecule has 0 saturated carbocycles. The number of nitrogens with zero attached hydrogens (tertiary/aromatic N) is 1. The summed E-state index contributed by atoms with van der Waals surface area (Å²) in [5, 5.41) is 0.989. The predicted molar refractivity (Wildman–Crippen MR) is 111 cm³/mol. The first-order valence-electron chi connectivity index (χ1n) is 9.27. The van der Waals surface area contributed by atoms with Crippen LogP contribution in [0.1, 0.15) is 21.6 Å². The SMILES string of the molecule is COc1ccc2cc(C(=O)N(Cc3ccccc3)Cc3ccccc3)[nH]c2c1. The molecule has 0 saturated heterocycles. The van der Waals surface area contributed by atoms with Gasteiger partial charge in [0.15, 0.2) is 0 Å². The van der Waals surface area contributed by atoms with Gasteiger partial charge in [0.25, 0.3) is 5.91 Å². The van der Waals surface area contributed by atoms with E-state index < -0.39 is 0 Å². The van der Waals surface area contributed by atoms with Crippen LogP contribution in [0.4, 0.5) is 0 Å². The van der Waals surface area contributed by atoms with Gasteiger partial charge in [0.1, 0.15) is 11.4 Å². The maximum atomic E-state index is 13.3. The molecule has 3 aromatic carbocycles. The minimum atomic E-state index is -0.0251. The highest BCUT2D eigenvalue weighted by Crippen LogP contribution is 2.23. The molecular weight excluding hydrogens is 348 g/mol. The molecule has 0 atom stereocenters. The van der Waals surface area contributed by atoms with Crippen molar-refractivity contribution in [3.05, 3.63) is 102 Å². The van der Waals surface area contributed by atoms with E-state index in [9.17, 15) is 4.79 Å². The van der Waals surface area contributed by atoms with Crippen LogP contribution < -0.4 is 4.74 Å². The molecule has 0 aliphatic rings. The van der Waals surface area contributed by atoms with Gasteiger partial charge in [0.2, 0.25) is 0 Å². The van der Waals surface area contributed by atoms with Gasteiger partial charge in [-0.2, -0.15) is 0 Å². The lowest BCUT2D eigenvalue weighted by molar-refractivity contribution is 0.0725. The zero-order chi connectivity index (χ0) is 19.3. The number of amides is 1. The summed E-state index contributed by atoms with van der Waals surface area (Å²) < 4.78 is 5.28. The van der Waals surface area contributed by atoms with E-state index in [1.807, 2.05) is 89.8 Å². The van der Waals surface area contributed by atoms with Crippen molar-refractivity contribution < 1.29 is 9.53 Å². The topological polar surface area (TPSA) is 45.3 Å². The van der Waals surface area contributed by atoms with Gasteiger partial charge in [0.05, 0.1) is 7.11 Å². The molecule has 0 aliphatic heterocycles. The number of methoxy groups -OCH3 is 1. The third kappa shape index (κ3) is 3.91. The quantitative estimate of drug-likeness (QED) is 0.518. The van der Waals surface area contributed by atoms with Gasteiger partial charge < -0.3 is 14.6 Å². The molecule has 0 fully saturated rings. The highest BCUT2D eigenvalue weighted by molar-refractivity contribution is 5.98. The first-order chi connectivity index (χ1) is 13.7. The van der Waals surface area contributed by atoms with Crippen molar-refractivity contribution in [2.24, 2.45) is 0 Å². The molecule has 4 rings (SSSR count). The summed E-state index contributed by atoms with van der Waals surface area (Å²) in [4.78, 5) is 18.5. The van der Waals surface area contributed by atoms with Gasteiger partial charge in [-0.25, -0.2) is 0 Å². The average molecular weight is 370 g/mol. The Morgan fingerprint density at radius 2 is 1.46 bits per heavy atom. The first kappa shape index (κ1) is 17.9. The number of nitrogens with one attached hydrogen (secondary N) is 1. The normalized spacial score (nSPS) is 10.8. The Balaban J connectivity index is 1.65. The zero-order valence-corrected chi connectivity index (χ0v) is 15.8. The van der Waals surface area contributed by atoms with Crippen LogP contribution in [-0.4, -0.2) is 22.9 Å². The number of aromatic amines is 1. The molecule has 1 heterocycles. The Kier molecular flexibility index (Phi) is 5.11. The minimum absolute atomic E-state index is 0.0251. The molecule has 0 aliphatic carbocycles. The first-order valence-corrected chi connectivity index (χ1v) is 9.27. The summed E-state index contributed by atoms with van der Waals surface area (Å²) in [7, 11) is 1.64. The highest BCUT2D eigenvalue weighted by atomic mass is 16.5. The second kappa shape index (κ2) is 8.01. The summed E-state index contributed by atoms with van der Waals surface area (Å²) in [5.41, 5.74) is 3.67. The molecule has 4 nitrogen and oxygen atoms in total. The fourth-order valence-electron chi connectivity index (χ4n) is 3.33. The standard InChI is InChI=1S/C24H22N2O2/c1-28-21-13-12-20-14-23(25-22(20)15-21)24(27)26(16-18-8-4-2-5-9-18)17-19-10-6-3-7-11-19/h2-15,25H,16-17H2,1H3. The average Bonchev–Trinajstić information content (AvgIpc) is 3.17. The van der Waals surface area contributed by atoms with E-state index in [0.717, 1.165) is 27.8 Å². The van der Waals surface area contributed by atoms with Crippen LogP contribution >= 0.6 is 0 Å². The van der Waals surface area contributed by atoms with E-state index >= 15 is 0 Å². The summed E-state index contributed by atoms with van der Waals surface area (Å²) in [6.45, 7) is 1.10. The Hall–Kier alpha value is -3.53. The van der Waals surface area contributed by atoms with Crippen LogP contribution in [-0.2, 0) is 13.1 Å². The number of carbonyl (C=O) groups is 1. The predicted octanol–water partition coefficient (Wildman–Crippen LogP) is 5.02.